The molecule has 1 aromatic rings. The van der Waals surface area contributed by atoms with Gasteiger partial charge < -0.3 is 10.1 Å². The summed E-state index contributed by atoms with van der Waals surface area (Å²) in [6.45, 7) is 11.0. The first kappa shape index (κ1) is 13.5. The summed E-state index contributed by atoms with van der Waals surface area (Å²) in [7, 11) is 0. The first-order valence-corrected chi connectivity index (χ1v) is 6.49. The van der Waals surface area contributed by atoms with E-state index in [1.165, 1.54) is 27.9 Å². The summed E-state index contributed by atoms with van der Waals surface area (Å²) in [5.74, 6) is 1.15. The number of nitrogens with one attached hydrogen (secondary N) is 1. The minimum absolute atomic E-state index is 0. The second-order valence-electron chi connectivity index (χ2n) is 6.20. The van der Waals surface area contributed by atoms with Crippen molar-refractivity contribution in [3.8, 4) is 5.75 Å². The molecule has 0 amide bonds. The number of halogens is 1. The highest BCUT2D eigenvalue weighted by Gasteiger charge is 2.37. The monoisotopic (exact) mass is 267 g/mol. The van der Waals surface area contributed by atoms with Crippen molar-refractivity contribution in [2.75, 3.05) is 5.32 Å². The van der Waals surface area contributed by atoms with Crippen LogP contribution in [0.3, 0.4) is 0 Å². The summed E-state index contributed by atoms with van der Waals surface area (Å²) in [5.41, 5.74) is 6.95. The molecule has 100 valence electrons. The third-order valence-electron chi connectivity index (χ3n) is 4.10. The molecule has 1 atom stereocenters. The lowest BCUT2D eigenvalue weighted by Crippen LogP contribution is -2.25. The molecule has 1 N–H and O–H groups in total. The quantitative estimate of drug-likeness (QED) is 0.772. The zero-order valence-corrected chi connectivity index (χ0v) is 12.6. The summed E-state index contributed by atoms with van der Waals surface area (Å²) in [6, 6.07) is 0.554. The van der Waals surface area contributed by atoms with Gasteiger partial charge in [-0.3, -0.25) is 0 Å². The molecule has 1 aromatic carbocycles. The van der Waals surface area contributed by atoms with Crippen LogP contribution in [0.15, 0.2) is 0 Å². The predicted octanol–water partition coefficient (Wildman–Crippen LogP) is 3.80. The molecular weight excluding hydrogens is 246 g/mol. The van der Waals surface area contributed by atoms with Gasteiger partial charge in [0.15, 0.2) is 0 Å². The topological polar surface area (TPSA) is 21.3 Å². The molecule has 0 aliphatic carbocycles. The number of benzene rings is 1. The van der Waals surface area contributed by atoms with Gasteiger partial charge in [0.25, 0.3) is 0 Å². The lowest BCUT2D eigenvalue weighted by Gasteiger charge is -2.18. The van der Waals surface area contributed by atoms with Crippen LogP contribution in [0.2, 0.25) is 0 Å². The van der Waals surface area contributed by atoms with Crippen LogP contribution in [0.25, 0.3) is 0 Å². The van der Waals surface area contributed by atoms with Crippen LogP contribution >= 0.6 is 12.4 Å². The predicted molar refractivity (Wildman–Crippen MR) is 78.4 cm³/mol. The Labute approximate surface area is 116 Å². The first-order chi connectivity index (χ1) is 7.89. The Morgan fingerprint density at radius 2 is 1.83 bits per heavy atom. The Morgan fingerprint density at radius 3 is 2.50 bits per heavy atom. The number of rotatable bonds is 0. The van der Waals surface area contributed by atoms with E-state index in [-0.39, 0.29) is 18.0 Å². The van der Waals surface area contributed by atoms with Gasteiger partial charge in [-0.1, -0.05) is 0 Å². The highest BCUT2D eigenvalue weighted by atomic mass is 35.5. The third-order valence-corrected chi connectivity index (χ3v) is 4.10. The summed E-state index contributed by atoms with van der Waals surface area (Å²) in [5, 5.41) is 3.61. The van der Waals surface area contributed by atoms with Crippen molar-refractivity contribution in [1.29, 1.82) is 0 Å². The van der Waals surface area contributed by atoms with Crippen molar-refractivity contribution in [3.63, 3.8) is 0 Å². The minimum atomic E-state index is -0.0412. The maximum absolute atomic E-state index is 6.14. The van der Waals surface area contributed by atoms with E-state index in [1.54, 1.807) is 0 Å². The average Bonchev–Trinajstić information content (AvgIpc) is 2.75. The van der Waals surface area contributed by atoms with Gasteiger partial charge in [0, 0.05) is 23.7 Å². The third kappa shape index (κ3) is 1.78. The van der Waals surface area contributed by atoms with Gasteiger partial charge >= 0.3 is 0 Å². The van der Waals surface area contributed by atoms with Crippen LogP contribution in [0.1, 0.15) is 43.0 Å². The fourth-order valence-electron chi connectivity index (χ4n) is 3.19. The van der Waals surface area contributed by atoms with Crippen molar-refractivity contribution in [2.45, 2.75) is 59.1 Å². The Bertz CT molecular complexity index is 508. The molecule has 3 heteroatoms. The number of hydrogen-bond acceptors (Lipinski definition) is 2. The average molecular weight is 268 g/mol. The van der Waals surface area contributed by atoms with E-state index in [1.807, 2.05) is 0 Å². The van der Waals surface area contributed by atoms with E-state index in [2.05, 4.69) is 39.9 Å². The Hall–Kier alpha value is -0.890. The van der Waals surface area contributed by atoms with Crippen LogP contribution in [-0.4, -0.2) is 11.6 Å². The summed E-state index contributed by atoms with van der Waals surface area (Å²) >= 11 is 0. The lowest BCUT2D eigenvalue weighted by molar-refractivity contribution is 0.137. The second kappa shape index (κ2) is 4.06. The zero-order valence-electron chi connectivity index (χ0n) is 11.8. The van der Waals surface area contributed by atoms with E-state index in [4.69, 9.17) is 4.74 Å². The fraction of sp³-hybridized carbons (Fsp3) is 0.600. The van der Waals surface area contributed by atoms with E-state index in [0.717, 1.165) is 18.6 Å². The van der Waals surface area contributed by atoms with Gasteiger partial charge in [-0.2, -0.15) is 0 Å². The molecule has 18 heavy (non-hydrogen) atoms. The van der Waals surface area contributed by atoms with Crippen molar-refractivity contribution < 1.29 is 4.74 Å². The molecule has 0 spiro atoms. The Balaban J connectivity index is 0.00000120. The molecule has 0 saturated carbocycles. The molecule has 2 aliphatic heterocycles. The normalized spacial score (nSPS) is 22.6. The molecule has 0 saturated heterocycles. The molecule has 2 heterocycles. The molecule has 1 unspecified atom stereocenters. The number of ether oxygens (including phenoxy) is 1. The molecular formula is C15H22ClNO. The van der Waals surface area contributed by atoms with Gasteiger partial charge in [-0.15, -0.1) is 12.4 Å². The lowest BCUT2D eigenvalue weighted by atomic mass is 9.91. The van der Waals surface area contributed by atoms with Gasteiger partial charge in [-0.25, -0.2) is 0 Å². The van der Waals surface area contributed by atoms with Crippen LogP contribution in [0.4, 0.5) is 5.69 Å². The standard InChI is InChI=1S/C15H21NO.ClH/c1-8-6-11-12-7-15(4,5)17-14(12)10(3)9(2)13(11)16-8;/h8,16H,6-7H2,1-5H3;1H. The maximum atomic E-state index is 6.14. The van der Waals surface area contributed by atoms with Crippen molar-refractivity contribution in [1.82, 2.24) is 0 Å². The van der Waals surface area contributed by atoms with Gasteiger partial charge in [0.1, 0.15) is 11.4 Å². The van der Waals surface area contributed by atoms with Gasteiger partial charge in [0.05, 0.1) is 0 Å². The molecule has 3 rings (SSSR count). The molecule has 0 bridgehead atoms. The first-order valence-electron chi connectivity index (χ1n) is 6.49. The Morgan fingerprint density at radius 1 is 1.17 bits per heavy atom. The van der Waals surface area contributed by atoms with E-state index < -0.39 is 0 Å². The van der Waals surface area contributed by atoms with Gasteiger partial charge in [0.2, 0.25) is 0 Å². The van der Waals surface area contributed by atoms with E-state index in [9.17, 15) is 0 Å². The smallest absolute Gasteiger partial charge is 0.127 e. The fourth-order valence-corrected chi connectivity index (χ4v) is 3.19. The van der Waals surface area contributed by atoms with Crippen LogP contribution in [0, 0.1) is 13.8 Å². The number of hydrogen-bond donors (Lipinski definition) is 1. The second-order valence-corrected chi connectivity index (χ2v) is 6.20. The molecule has 0 radical (unpaired) electrons. The summed E-state index contributed by atoms with van der Waals surface area (Å²) in [4.78, 5) is 0. The van der Waals surface area contributed by atoms with Gasteiger partial charge in [-0.05, 0) is 57.7 Å². The molecule has 0 fully saturated rings. The van der Waals surface area contributed by atoms with E-state index >= 15 is 0 Å². The maximum Gasteiger partial charge on any atom is 0.127 e. The molecule has 0 aromatic heterocycles. The SMILES string of the molecule is Cc1c(C)c2c(c3c1NC(C)C3)CC(C)(C)O2.Cl. The summed E-state index contributed by atoms with van der Waals surface area (Å²) in [6.07, 6.45) is 2.18. The zero-order chi connectivity index (χ0) is 12.4. The summed E-state index contributed by atoms with van der Waals surface area (Å²) < 4.78 is 6.14. The number of anilines is 1. The van der Waals surface area contributed by atoms with E-state index in [0.29, 0.717) is 6.04 Å². The highest BCUT2D eigenvalue weighted by molar-refractivity contribution is 5.85. The highest BCUT2D eigenvalue weighted by Crippen LogP contribution is 2.47. The largest absolute Gasteiger partial charge is 0.487 e. The number of fused-ring (bicyclic) bond motifs is 3. The van der Waals surface area contributed by atoms with Crippen molar-refractivity contribution in [3.05, 3.63) is 22.3 Å². The minimum Gasteiger partial charge on any atom is -0.487 e. The molecule has 2 aliphatic rings. The van der Waals surface area contributed by atoms with Crippen LogP contribution in [-0.2, 0) is 12.8 Å². The Kier molecular flexibility index (Phi) is 3.05. The van der Waals surface area contributed by atoms with Crippen molar-refractivity contribution >= 4 is 18.1 Å². The van der Waals surface area contributed by atoms with Crippen molar-refractivity contribution in [2.24, 2.45) is 0 Å². The van der Waals surface area contributed by atoms with Crippen LogP contribution < -0.4 is 10.1 Å². The molecule has 2 nitrogen and oxygen atoms in total. The van der Waals surface area contributed by atoms with Crippen LogP contribution in [0.5, 0.6) is 5.75 Å².